The van der Waals surface area contributed by atoms with Gasteiger partial charge in [0.25, 0.3) is 0 Å². The predicted octanol–water partition coefficient (Wildman–Crippen LogP) is 2.81. The molecule has 0 saturated heterocycles. The molecule has 1 atom stereocenters. The van der Waals surface area contributed by atoms with Crippen LogP contribution in [0.5, 0.6) is 0 Å². The monoisotopic (exact) mass is 344 g/mol. The molecule has 0 radical (unpaired) electrons. The van der Waals surface area contributed by atoms with Gasteiger partial charge in [0.2, 0.25) is 0 Å². The highest BCUT2D eigenvalue weighted by Gasteiger charge is 2.18. The maximum atomic E-state index is 12.6. The Bertz CT molecular complexity index is 679. The number of aliphatic hydroxyl groups excluding tert-OH is 1. The van der Waals surface area contributed by atoms with Crippen molar-refractivity contribution >= 4 is 6.03 Å². The number of imidazole rings is 1. The standard InChI is InChI=1S/C19H28N4O2/c1-14(2)16-5-7-17(8-6-16)15(3)21-19(25)23(11-12-24)13-18-20-9-10-22(18)4/h5-10,14-15,24H,11-13H2,1-4H3,(H,21,25). The number of hydrogen-bond acceptors (Lipinski definition) is 3. The molecule has 2 N–H and O–H groups in total. The van der Waals surface area contributed by atoms with E-state index in [-0.39, 0.29) is 25.2 Å². The summed E-state index contributed by atoms with van der Waals surface area (Å²) in [6.45, 7) is 6.80. The number of rotatable bonds is 7. The normalized spacial score (nSPS) is 12.2. The third kappa shape index (κ3) is 5.06. The second kappa shape index (κ2) is 8.67. The third-order valence-electron chi connectivity index (χ3n) is 4.35. The number of carbonyl (C=O) groups is 1. The molecule has 0 aliphatic rings. The third-order valence-corrected chi connectivity index (χ3v) is 4.35. The van der Waals surface area contributed by atoms with Gasteiger partial charge in [0.05, 0.1) is 19.2 Å². The molecular weight excluding hydrogens is 316 g/mol. The molecule has 2 aromatic rings. The summed E-state index contributed by atoms with van der Waals surface area (Å²) < 4.78 is 1.87. The molecule has 0 aliphatic carbocycles. The average Bonchev–Trinajstić information content (AvgIpc) is 2.99. The van der Waals surface area contributed by atoms with E-state index in [1.165, 1.54) is 5.56 Å². The Morgan fingerprint density at radius 1 is 1.24 bits per heavy atom. The zero-order chi connectivity index (χ0) is 18.4. The van der Waals surface area contributed by atoms with Crippen LogP contribution < -0.4 is 5.32 Å². The van der Waals surface area contributed by atoms with Gasteiger partial charge in [-0.3, -0.25) is 0 Å². The van der Waals surface area contributed by atoms with E-state index in [2.05, 4.69) is 48.4 Å². The molecular formula is C19H28N4O2. The molecule has 0 saturated carbocycles. The molecule has 1 heterocycles. The van der Waals surface area contributed by atoms with Gasteiger partial charge in [-0.2, -0.15) is 0 Å². The van der Waals surface area contributed by atoms with Crippen LogP contribution in [-0.4, -0.2) is 38.7 Å². The number of urea groups is 1. The van der Waals surface area contributed by atoms with Crippen LogP contribution in [0.3, 0.4) is 0 Å². The van der Waals surface area contributed by atoms with Gasteiger partial charge in [0, 0.05) is 26.0 Å². The first-order chi connectivity index (χ1) is 11.9. The van der Waals surface area contributed by atoms with Crippen molar-refractivity contribution in [3.63, 3.8) is 0 Å². The Morgan fingerprint density at radius 2 is 1.88 bits per heavy atom. The highest BCUT2D eigenvalue weighted by molar-refractivity contribution is 5.74. The lowest BCUT2D eigenvalue weighted by atomic mass is 10.00. The molecule has 0 aliphatic heterocycles. The highest BCUT2D eigenvalue weighted by Crippen LogP contribution is 2.19. The fourth-order valence-corrected chi connectivity index (χ4v) is 2.62. The number of aryl methyl sites for hydroxylation is 1. The Balaban J connectivity index is 2.02. The molecule has 6 heteroatoms. The zero-order valence-electron chi connectivity index (χ0n) is 15.4. The first-order valence-electron chi connectivity index (χ1n) is 8.64. The molecule has 2 amide bonds. The van der Waals surface area contributed by atoms with Gasteiger partial charge in [0.1, 0.15) is 5.82 Å². The summed E-state index contributed by atoms with van der Waals surface area (Å²) in [5.41, 5.74) is 2.33. The topological polar surface area (TPSA) is 70.4 Å². The van der Waals surface area contributed by atoms with Gasteiger partial charge in [-0.25, -0.2) is 9.78 Å². The summed E-state index contributed by atoms with van der Waals surface area (Å²) in [6, 6.07) is 7.98. The van der Waals surface area contributed by atoms with Crippen molar-refractivity contribution in [3.05, 3.63) is 53.6 Å². The maximum Gasteiger partial charge on any atom is 0.318 e. The fourth-order valence-electron chi connectivity index (χ4n) is 2.62. The number of benzene rings is 1. The maximum absolute atomic E-state index is 12.6. The van der Waals surface area contributed by atoms with E-state index < -0.39 is 0 Å². The summed E-state index contributed by atoms with van der Waals surface area (Å²) in [6.07, 6.45) is 3.53. The SMILES string of the molecule is CC(C)c1ccc(C(C)NC(=O)N(CCO)Cc2nccn2C)cc1. The summed E-state index contributed by atoms with van der Waals surface area (Å²) in [4.78, 5) is 18.4. The molecule has 2 rings (SSSR count). The van der Waals surface area contributed by atoms with Crippen molar-refractivity contribution < 1.29 is 9.90 Å². The van der Waals surface area contributed by atoms with Crippen molar-refractivity contribution in [2.24, 2.45) is 7.05 Å². The number of nitrogens with zero attached hydrogens (tertiary/aromatic N) is 3. The summed E-state index contributed by atoms with van der Waals surface area (Å²) in [5.74, 6) is 1.26. The highest BCUT2D eigenvalue weighted by atomic mass is 16.3. The van der Waals surface area contributed by atoms with E-state index >= 15 is 0 Å². The van der Waals surface area contributed by atoms with Gasteiger partial charge in [-0.1, -0.05) is 38.1 Å². The quantitative estimate of drug-likeness (QED) is 0.811. The Labute approximate surface area is 149 Å². The smallest absolute Gasteiger partial charge is 0.318 e. The molecule has 1 unspecified atom stereocenters. The van der Waals surface area contributed by atoms with Crippen molar-refractivity contribution in [1.29, 1.82) is 0 Å². The van der Waals surface area contributed by atoms with Crippen molar-refractivity contribution in [3.8, 4) is 0 Å². The predicted molar refractivity (Wildman–Crippen MR) is 98.2 cm³/mol. The van der Waals surface area contributed by atoms with Gasteiger partial charge in [-0.05, 0) is 24.0 Å². The molecule has 1 aromatic heterocycles. The largest absolute Gasteiger partial charge is 0.395 e. The first-order valence-corrected chi connectivity index (χ1v) is 8.64. The van der Waals surface area contributed by atoms with E-state index in [0.717, 1.165) is 11.4 Å². The van der Waals surface area contributed by atoms with Crippen LogP contribution >= 0.6 is 0 Å². The summed E-state index contributed by atoms with van der Waals surface area (Å²) in [5, 5.41) is 12.3. The molecule has 0 fully saturated rings. The van der Waals surface area contributed by atoms with E-state index in [1.54, 1.807) is 11.1 Å². The lowest BCUT2D eigenvalue weighted by molar-refractivity contribution is 0.169. The Hall–Kier alpha value is -2.34. The minimum absolute atomic E-state index is 0.0880. The van der Waals surface area contributed by atoms with Crippen LogP contribution in [0.25, 0.3) is 0 Å². The van der Waals surface area contributed by atoms with Crippen molar-refractivity contribution in [2.45, 2.75) is 39.3 Å². The Kier molecular flexibility index (Phi) is 6.58. The van der Waals surface area contributed by atoms with Crippen LogP contribution in [-0.2, 0) is 13.6 Å². The van der Waals surface area contributed by atoms with Gasteiger partial charge < -0.3 is 19.9 Å². The molecule has 136 valence electrons. The second-order valence-corrected chi connectivity index (χ2v) is 6.59. The van der Waals surface area contributed by atoms with Crippen LogP contribution in [0.15, 0.2) is 36.7 Å². The van der Waals surface area contributed by atoms with E-state index in [1.807, 2.05) is 24.7 Å². The number of amides is 2. The van der Waals surface area contributed by atoms with Crippen LogP contribution in [0.4, 0.5) is 4.79 Å². The number of nitrogens with one attached hydrogen (secondary N) is 1. The van der Waals surface area contributed by atoms with Crippen LogP contribution in [0.2, 0.25) is 0 Å². The zero-order valence-corrected chi connectivity index (χ0v) is 15.4. The molecule has 0 spiro atoms. The molecule has 6 nitrogen and oxygen atoms in total. The van der Waals surface area contributed by atoms with Crippen molar-refractivity contribution in [2.75, 3.05) is 13.2 Å². The number of aromatic nitrogens is 2. The van der Waals surface area contributed by atoms with Crippen molar-refractivity contribution in [1.82, 2.24) is 19.8 Å². The lowest BCUT2D eigenvalue weighted by Gasteiger charge is -2.24. The number of hydrogen-bond donors (Lipinski definition) is 2. The number of carbonyl (C=O) groups excluding carboxylic acids is 1. The molecule has 0 bridgehead atoms. The first kappa shape index (κ1) is 19.0. The van der Waals surface area contributed by atoms with Gasteiger partial charge in [0.15, 0.2) is 0 Å². The average molecular weight is 344 g/mol. The lowest BCUT2D eigenvalue weighted by Crippen LogP contribution is -2.42. The summed E-state index contributed by atoms with van der Waals surface area (Å²) >= 11 is 0. The van der Waals surface area contributed by atoms with Gasteiger partial charge >= 0.3 is 6.03 Å². The summed E-state index contributed by atoms with van der Waals surface area (Å²) in [7, 11) is 1.89. The minimum Gasteiger partial charge on any atom is -0.395 e. The van der Waals surface area contributed by atoms with E-state index in [0.29, 0.717) is 12.5 Å². The van der Waals surface area contributed by atoms with Crippen LogP contribution in [0.1, 0.15) is 49.7 Å². The number of aliphatic hydroxyl groups is 1. The molecule has 25 heavy (non-hydrogen) atoms. The Morgan fingerprint density at radius 3 is 2.40 bits per heavy atom. The van der Waals surface area contributed by atoms with E-state index in [9.17, 15) is 9.90 Å². The van der Waals surface area contributed by atoms with E-state index in [4.69, 9.17) is 0 Å². The second-order valence-electron chi connectivity index (χ2n) is 6.59. The minimum atomic E-state index is -0.211. The van der Waals surface area contributed by atoms with Crippen LogP contribution in [0, 0.1) is 0 Å². The molecule has 1 aromatic carbocycles. The van der Waals surface area contributed by atoms with Gasteiger partial charge in [-0.15, -0.1) is 0 Å². The fraction of sp³-hybridized carbons (Fsp3) is 0.474.